The number of rotatable bonds is 8. The number of nitrogens with zero attached hydrogens (tertiary/aromatic N) is 1. The fraction of sp³-hybridized carbons (Fsp3) is 0.409. The number of nitrogens with one attached hydrogen (secondary N) is 1. The fourth-order valence-corrected chi connectivity index (χ4v) is 2.78. The first kappa shape index (κ1) is 19.8. The number of ether oxygens (including phenoxy) is 1. The summed E-state index contributed by atoms with van der Waals surface area (Å²) in [6.45, 7) is 9.87. The van der Waals surface area contributed by atoms with Crippen molar-refractivity contribution in [3.63, 3.8) is 0 Å². The highest BCUT2D eigenvalue weighted by molar-refractivity contribution is 5.74. The van der Waals surface area contributed by atoms with Gasteiger partial charge in [-0.1, -0.05) is 62.4 Å². The summed E-state index contributed by atoms with van der Waals surface area (Å²) in [6.07, 6.45) is 0. The molecular weight excluding hydrogens is 324 g/mol. The van der Waals surface area contributed by atoms with Crippen LogP contribution < -0.4 is 10.1 Å². The number of carbonyl (C=O) groups is 1. The number of hydrogen-bond acceptors (Lipinski definition) is 2. The molecule has 0 bridgehead atoms. The van der Waals surface area contributed by atoms with E-state index in [0.717, 1.165) is 11.3 Å². The van der Waals surface area contributed by atoms with E-state index >= 15 is 0 Å². The average Bonchev–Trinajstić information content (AvgIpc) is 2.64. The van der Waals surface area contributed by atoms with Crippen molar-refractivity contribution in [2.45, 2.75) is 46.2 Å². The third-order valence-electron chi connectivity index (χ3n) is 4.26. The van der Waals surface area contributed by atoms with E-state index in [2.05, 4.69) is 25.2 Å². The third-order valence-corrected chi connectivity index (χ3v) is 4.26. The maximum absolute atomic E-state index is 12.5. The first-order chi connectivity index (χ1) is 12.5. The highest BCUT2D eigenvalue weighted by Crippen LogP contribution is 2.25. The second kappa shape index (κ2) is 9.85. The van der Waals surface area contributed by atoms with Gasteiger partial charge in [0.15, 0.2) is 0 Å². The van der Waals surface area contributed by atoms with Gasteiger partial charge in [0.05, 0.1) is 6.54 Å². The normalized spacial score (nSPS) is 10.8. The molecule has 0 unspecified atom stereocenters. The summed E-state index contributed by atoms with van der Waals surface area (Å²) in [7, 11) is 0. The molecule has 0 spiro atoms. The van der Waals surface area contributed by atoms with Crippen molar-refractivity contribution in [1.82, 2.24) is 10.2 Å². The van der Waals surface area contributed by atoms with Gasteiger partial charge in [0.25, 0.3) is 0 Å². The molecule has 0 atom stereocenters. The van der Waals surface area contributed by atoms with Crippen molar-refractivity contribution >= 4 is 6.03 Å². The number of carbonyl (C=O) groups excluding carboxylic acids is 1. The SMILES string of the molecule is CC(C)c1ccccc1OCCNC(=O)N(Cc1ccccc1)C(C)C. The number of amides is 2. The molecule has 4 nitrogen and oxygen atoms in total. The zero-order chi connectivity index (χ0) is 18.9. The van der Waals surface area contributed by atoms with Crippen molar-refractivity contribution in [1.29, 1.82) is 0 Å². The Labute approximate surface area is 157 Å². The molecule has 26 heavy (non-hydrogen) atoms. The highest BCUT2D eigenvalue weighted by atomic mass is 16.5. The van der Waals surface area contributed by atoms with Crippen LogP contribution in [0, 0.1) is 0 Å². The number of urea groups is 1. The van der Waals surface area contributed by atoms with Crippen LogP contribution in [0.2, 0.25) is 0 Å². The molecule has 2 amide bonds. The van der Waals surface area contributed by atoms with Gasteiger partial charge < -0.3 is 15.0 Å². The van der Waals surface area contributed by atoms with Crippen LogP contribution in [-0.4, -0.2) is 30.1 Å². The summed E-state index contributed by atoms with van der Waals surface area (Å²) in [4.78, 5) is 14.4. The Hall–Kier alpha value is -2.49. The Kier molecular flexibility index (Phi) is 7.52. The van der Waals surface area contributed by atoms with Crippen molar-refractivity contribution in [2.24, 2.45) is 0 Å². The molecule has 4 heteroatoms. The van der Waals surface area contributed by atoms with Crippen LogP contribution in [0.5, 0.6) is 5.75 Å². The molecule has 2 aromatic rings. The van der Waals surface area contributed by atoms with Crippen molar-refractivity contribution in [3.8, 4) is 5.75 Å². The minimum Gasteiger partial charge on any atom is -0.491 e. The van der Waals surface area contributed by atoms with E-state index in [-0.39, 0.29) is 12.1 Å². The van der Waals surface area contributed by atoms with Gasteiger partial charge in [-0.05, 0) is 37.0 Å². The van der Waals surface area contributed by atoms with Gasteiger partial charge in [-0.2, -0.15) is 0 Å². The highest BCUT2D eigenvalue weighted by Gasteiger charge is 2.16. The van der Waals surface area contributed by atoms with E-state index in [1.54, 1.807) is 0 Å². The van der Waals surface area contributed by atoms with Crippen LogP contribution in [0.25, 0.3) is 0 Å². The van der Waals surface area contributed by atoms with Crippen LogP contribution >= 0.6 is 0 Å². The smallest absolute Gasteiger partial charge is 0.318 e. The van der Waals surface area contributed by atoms with E-state index < -0.39 is 0 Å². The van der Waals surface area contributed by atoms with Crippen LogP contribution in [0.3, 0.4) is 0 Å². The average molecular weight is 354 g/mol. The Morgan fingerprint density at radius 2 is 1.65 bits per heavy atom. The van der Waals surface area contributed by atoms with Crippen LogP contribution in [0.4, 0.5) is 4.79 Å². The molecule has 0 saturated heterocycles. The molecule has 1 N–H and O–H groups in total. The van der Waals surface area contributed by atoms with Gasteiger partial charge in [0, 0.05) is 12.6 Å². The van der Waals surface area contributed by atoms with Gasteiger partial charge in [-0.3, -0.25) is 0 Å². The number of para-hydroxylation sites is 1. The van der Waals surface area contributed by atoms with Gasteiger partial charge in [0.1, 0.15) is 12.4 Å². The molecule has 0 saturated carbocycles. The fourth-order valence-electron chi connectivity index (χ4n) is 2.78. The summed E-state index contributed by atoms with van der Waals surface area (Å²) < 4.78 is 5.87. The summed E-state index contributed by atoms with van der Waals surface area (Å²) >= 11 is 0. The number of hydrogen-bond donors (Lipinski definition) is 1. The lowest BCUT2D eigenvalue weighted by Gasteiger charge is -2.27. The first-order valence-corrected chi connectivity index (χ1v) is 9.29. The molecule has 0 aliphatic heterocycles. The topological polar surface area (TPSA) is 41.6 Å². The van der Waals surface area contributed by atoms with E-state index in [1.165, 1.54) is 5.56 Å². The van der Waals surface area contributed by atoms with Crippen LogP contribution in [-0.2, 0) is 6.54 Å². The van der Waals surface area contributed by atoms with Crippen LogP contribution in [0.15, 0.2) is 54.6 Å². The lowest BCUT2D eigenvalue weighted by atomic mass is 10.0. The zero-order valence-electron chi connectivity index (χ0n) is 16.2. The molecule has 2 aromatic carbocycles. The van der Waals surface area contributed by atoms with Gasteiger partial charge in [-0.25, -0.2) is 4.79 Å². The van der Waals surface area contributed by atoms with E-state index in [1.807, 2.05) is 67.3 Å². The Bertz CT molecular complexity index is 684. The van der Waals surface area contributed by atoms with E-state index in [0.29, 0.717) is 25.6 Å². The minimum atomic E-state index is -0.0652. The Morgan fingerprint density at radius 3 is 2.31 bits per heavy atom. The summed E-state index contributed by atoms with van der Waals surface area (Å²) in [5, 5.41) is 2.97. The van der Waals surface area contributed by atoms with Gasteiger partial charge >= 0.3 is 6.03 Å². The Balaban J connectivity index is 1.85. The second-order valence-electron chi connectivity index (χ2n) is 6.98. The molecule has 2 rings (SSSR count). The molecular formula is C22H30N2O2. The third kappa shape index (κ3) is 5.80. The van der Waals surface area contributed by atoms with Crippen molar-refractivity contribution < 1.29 is 9.53 Å². The monoisotopic (exact) mass is 354 g/mol. The Morgan fingerprint density at radius 1 is 1.00 bits per heavy atom. The second-order valence-corrected chi connectivity index (χ2v) is 6.98. The number of benzene rings is 2. The minimum absolute atomic E-state index is 0.0652. The molecule has 0 radical (unpaired) electrons. The van der Waals surface area contributed by atoms with Gasteiger partial charge in [-0.15, -0.1) is 0 Å². The van der Waals surface area contributed by atoms with Crippen molar-refractivity contribution in [2.75, 3.05) is 13.2 Å². The molecule has 0 aliphatic rings. The quantitative estimate of drug-likeness (QED) is 0.691. The van der Waals surface area contributed by atoms with E-state index in [4.69, 9.17) is 4.74 Å². The van der Waals surface area contributed by atoms with Crippen LogP contribution in [0.1, 0.15) is 44.7 Å². The molecule has 0 aliphatic carbocycles. The molecule has 0 aromatic heterocycles. The predicted molar refractivity (Wildman–Crippen MR) is 107 cm³/mol. The maximum atomic E-state index is 12.5. The van der Waals surface area contributed by atoms with E-state index in [9.17, 15) is 4.79 Å². The first-order valence-electron chi connectivity index (χ1n) is 9.29. The molecule has 0 fully saturated rings. The molecule has 0 heterocycles. The zero-order valence-corrected chi connectivity index (χ0v) is 16.2. The lowest BCUT2D eigenvalue weighted by molar-refractivity contribution is 0.177. The summed E-state index contributed by atoms with van der Waals surface area (Å²) in [6, 6.07) is 18.2. The maximum Gasteiger partial charge on any atom is 0.318 e. The summed E-state index contributed by atoms with van der Waals surface area (Å²) in [5.41, 5.74) is 2.31. The predicted octanol–water partition coefficient (Wildman–Crippen LogP) is 4.81. The van der Waals surface area contributed by atoms with Crippen molar-refractivity contribution in [3.05, 3.63) is 65.7 Å². The van der Waals surface area contributed by atoms with Gasteiger partial charge in [0.2, 0.25) is 0 Å². The molecule has 140 valence electrons. The standard InChI is InChI=1S/C22H30N2O2/c1-17(2)20-12-8-9-13-21(20)26-15-14-23-22(25)24(18(3)4)16-19-10-6-5-7-11-19/h5-13,17-18H,14-16H2,1-4H3,(H,23,25). The lowest BCUT2D eigenvalue weighted by Crippen LogP contribution is -2.44. The largest absolute Gasteiger partial charge is 0.491 e. The summed E-state index contributed by atoms with van der Waals surface area (Å²) in [5.74, 6) is 1.30.